The second kappa shape index (κ2) is 13.0. The van der Waals surface area contributed by atoms with Crippen LogP contribution in [0.4, 0.5) is 5.69 Å². The monoisotopic (exact) mass is 647 g/mol. The third-order valence-corrected chi connectivity index (χ3v) is 11.7. The molecule has 234 valence electrons. The van der Waals surface area contributed by atoms with Crippen molar-refractivity contribution in [2.45, 2.75) is 83.2 Å². The Morgan fingerprint density at radius 3 is 2.12 bits per heavy atom. The number of carbonyl (C=O) groups excluding carboxylic acids is 2. The molecular weight excluding hydrogens is 605 g/mol. The number of nitrogens with one attached hydrogen (secondary N) is 1. The van der Waals surface area contributed by atoms with E-state index in [4.69, 9.17) is 23.2 Å². The van der Waals surface area contributed by atoms with Gasteiger partial charge in [0.2, 0.25) is 21.8 Å². The highest BCUT2D eigenvalue weighted by Gasteiger charge is 2.51. The van der Waals surface area contributed by atoms with Gasteiger partial charge in [0.1, 0.15) is 12.6 Å². The van der Waals surface area contributed by atoms with Crippen LogP contribution in [0, 0.1) is 17.8 Å². The van der Waals surface area contributed by atoms with Gasteiger partial charge in [-0.1, -0.05) is 54.7 Å². The normalized spacial score (nSPS) is 24.9. The van der Waals surface area contributed by atoms with Gasteiger partial charge in [0.25, 0.3) is 0 Å². The van der Waals surface area contributed by atoms with Crippen LogP contribution in [0.1, 0.15) is 76.3 Å². The van der Waals surface area contributed by atoms with Crippen molar-refractivity contribution in [1.29, 1.82) is 0 Å². The second-order valence-electron chi connectivity index (χ2n) is 13.1. The zero-order valence-corrected chi connectivity index (χ0v) is 27.6. The summed E-state index contributed by atoms with van der Waals surface area (Å²) in [5, 5.41) is 3.61. The molecule has 0 spiro atoms. The van der Waals surface area contributed by atoms with Gasteiger partial charge in [0.05, 0.1) is 22.0 Å². The van der Waals surface area contributed by atoms with Gasteiger partial charge in [-0.15, -0.1) is 0 Å². The number of carbonyl (C=O) groups is 2. The van der Waals surface area contributed by atoms with Gasteiger partial charge in [-0.2, -0.15) is 0 Å². The second-order valence-corrected chi connectivity index (χ2v) is 15.8. The van der Waals surface area contributed by atoms with Crippen molar-refractivity contribution in [3.05, 3.63) is 63.6 Å². The third kappa shape index (κ3) is 7.18. The maximum absolute atomic E-state index is 13.9. The SMILES string of the molecule is CCCCNC(=O)[C@@H](C)N(Cc1ccc(Cl)c(Cl)c1)C(=O)CN(c1ccc(C23CC4CC(CC(C4)C2)C3)cc1)S(C)(=O)=O. The zero-order valence-electron chi connectivity index (χ0n) is 25.3. The van der Waals surface area contributed by atoms with E-state index in [-0.39, 0.29) is 17.9 Å². The maximum Gasteiger partial charge on any atom is 0.244 e. The summed E-state index contributed by atoms with van der Waals surface area (Å²) in [5.41, 5.74) is 2.60. The summed E-state index contributed by atoms with van der Waals surface area (Å²) in [7, 11) is -3.81. The summed E-state index contributed by atoms with van der Waals surface area (Å²) < 4.78 is 27.3. The van der Waals surface area contributed by atoms with Crippen LogP contribution in [0.2, 0.25) is 10.0 Å². The third-order valence-electron chi connectivity index (χ3n) is 9.82. The number of unbranched alkanes of at least 4 members (excludes halogenated alkanes) is 1. The van der Waals surface area contributed by atoms with E-state index in [2.05, 4.69) is 17.4 Å². The number of sulfonamides is 1. The number of anilines is 1. The highest BCUT2D eigenvalue weighted by Crippen LogP contribution is 2.60. The average molecular weight is 649 g/mol. The van der Waals surface area contributed by atoms with Crippen LogP contribution in [0.25, 0.3) is 0 Å². The molecule has 4 saturated carbocycles. The van der Waals surface area contributed by atoms with Crippen LogP contribution in [-0.4, -0.2) is 50.5 Å². The molecule has 4 aliphatic carbocycles. The lowest BCUT2D eigenvalue weighted by Crippen LogP contribution is -2.51. The Kier molecular flexibility index (Phi) is 9.69. The molecule has 2 amide bonds. The molecule has 0 aliphatic heterocycles. The van der Waals surface area contributed by atoms with Gasteiger partial charge in [-0.3, -0.25) is 13.9 Å². The number of nitrogens with zero attached hydrogens (tertiary/aromatic N) is 2. The number of halogens is 2. The fraction of sp³-hybridized carbons (Fsp3) is 0.576. The van der Waals surface area contributed by atoms with Gasteiger partial charge < -0.3 is 10.2 Å². The molecule has 0 saturated heterocycles. The van der Waals surface area contributed by atoms with E-state index in [9.17, 15) is 18.0 Å². The quantitative estimate of drug-likeness (QED) is 0.264. The van der Waals surface area contributed by atoms with Crippen LogP contribution in [-0.2, 0) is 31.6 Å². The first-order valence-electron chi connectivity index (χ1n) is 15.5. The Hall–Kier alpha value is -2.29. The summed E-state index contributed by atoms with van der Waals surface area (Å²) in [5.74, 6) is 1.63. The molecule has 2 aromatic carbocycles. The molecule has 10 heteroatoms. The minimum atomic E-state index is -3.81. The van der Waals surface area contributed by atoms with E-state index in [1.54, 1.807) is 25.1 Å². The Morgan fingerprint density at radius 2 is 1.58 bits per heavy atom. The molecular formula is C33H43Cl2N3O4S. The number of benzene rings is 2. The number of rotatable bonds is 12. The van der Waals surface area contributed by atoms with Gasteiger partial charge in [0.15, 0.2) is 0 Å². The van der Waals surface area contributed by atoms with Crippen molar-refractivity contribution < 1.29 is 18.0 Å². The molecule has 4 aliphatic rings. The Balaban J connectivity index is 1.38. The predicted molar refractivity (Wildman–Crippen MR) is 173 cm³/mol. The molecule has 6 rings (SSSR count). The zero-order chi connectivity index (χ0) is 30.9. The van der Waals surface area contributed by atoms with Crippen LogP contribution in [0.15, 0.2) is 42.5 Å². The molecule has 2 aromatic rings. The minimum absolute atomic E-state index is 0.0701. The molecule has 0 heterocycles. The Morgan fingerprint density at radius 1 is 0.977 bits per heavy atom. The molecule has 7 nitrogen and oxygen atoms in total. The molecule has 43 heavy (non-hydrogen) atoms. The van der Waals surface area contributed by atoms with Crippen LogP contribution in [0.3, 0.4) is 0 Å². The molecule has 0 aromatic heterocycles. The highest BCUT2D eigenvalue weighted by atomic mass is 35.5. The number of hydrogen-bond donors (Lipinski definition) is 1. The maximum atomic E-state index is 13.9. The Bertz CT molecular complexity index is 1410. The van der Waals surface area contributed by atoms with Crippen LogP contribution in [0.5, 0.6) is 0 Å². The van der Waals surface area contributed by atoms with Crippen molar-refractivity contribution in [1.82, 2.24) is 10.2 Å². The molecule has 1 atom stereocenters. The summed E-state index contributed by atoms with van der Waals surface area (Å²) >= 11 is 12.3. The molecule has 0 unspecified atom stereocenters. The van der Waals surface area contributed by atoms with Gasteiger partial charge in [-0.25, -0.2) is 8.42 Å². The van der Waals surface area contributed by atoms with Crippen molar-refractivity contribution in [2.24, 2.45) is 17.8 Å². The summed E-state index contributed by atoms with van der Waals surface area (Å²) in [4.78, 5) is 28.3. The first-order chi connectivity index (χ1) is 20.4. The first-order valence-corrected chi connectivity index (χ1v) is 18.1. The van der Waals surface area contributed by atoms with Crippen molar-refractivity contribution in [2.75, 3.05) is 23.7 Å². The van der Waals surface area contributed by atoms with E-state index in [1.807, 2.05) is 19.1 Å². The van der Waals surface area contributed by atoms with Crippen molar-refractivity contribution >= 4 is 50.7 Å². The highest BCUT2D eigenvalue weighted by molar-refractivity contribution is 7.92. The summed E-state index contributed by atoms with van der Waals surface area (Å²) in [6, 6.07) is 12.0. The summed E-state index contributed by atoms with van der Waals surface area (Å²) in [6.07, 6.45) is 10.6. The van der Waals surface area contributed by atoms with E-state index >= 15 is 0 Å². The van der Waals surface area contributed by atoms with Crippen molar-refractivity contribution in [3.8, 4) is 0 Å². The lowest BCUT2D eigenvalue weighted by atomic mass is 9.48. The lowest BCUT2D eigenvalue weighted by Gasteiger charge is -2.57. The largest absolute Gasteiger partial charge is 0.354 e. The smallest absolute Gasteiger partial charge is 0.244 e. The van der Waals surface area contributed by atoms with E-state index in [0.29, 0.717) is 27.8 Å². The molecule has 1 N–H and O–H groups in total. The standard InChI is InChI=1S/C33H43Cl2N3O4S/c1-4-5-12-36-32(40)22(2)37(20-23-6-11-29(34)30(35)16-23)31(39)21-38(43(3,41)42)28-9-7-27(8-10-28)33-17-24-13-25(18-33)15-26(14-24)19-33/h6-11,16,22,24-26H,4-5,12-15,17-21H2,1-3H3,(H,36,40)/t22-,24?,25?,26?,33?/m1/s1. The minimum Gasteiger partial charge on any atom is -0.354 e. The fourth-order valence-electron chi connectivity index (χ4n) is 8.01. The first kappa shape index (κ1) is 32.1. The topological polar surface area (TPSA) is 86.8 Å². The molecule has 0 radical (unpaired) electrons. The molecule has 4 bridgehead atoms. The van der Waals surface area contributed by atoms with Gasteiger partial charge >= 0.3 is 0 Å². The summed E-state index contributed by atoms with van der Waals surface area (Å²) in [6.45, 7) is 3.83. The van der Waals surface area contributed by atoms with E-state index < -0.39 is 28.5 Å². The Labute approximate surface area is 266 Å². The average Bonchev–Trinajstić information content (AvgIpc) is 2.95. The van der Waals surface area contributed by atoms with E-state index in [0.717, 1.165) is 41.2 Å². The number of hydrogen-bond acceptors (Lipinski definition) is 4. The van der Waals surface area contributed by atoms with E-state index in [1.165, 1.54) is 49.0 Å². The predicted octanol–water partition coefficient (Wildman–Crippen LogP) is 6.56. The number of amides is 2. The van der Waals surface area contributed by atoms with Crippen LogP contribution >= 0.6 is 23.2 Å². The fourth-order valence-corrected chi connectivity index (χ4v) is 9.18. The van der Waals surface area contributed by atoms with Crippen molar-refractivity contribution in [3.63, 3.8) is 0 Å². The lowest BCUT2D eigenvalue weighted by molar-refractivity contribution is -0.139. The van der Waals surface area contributed by atoms with Crippen LogP contribution < -0.4 is 9.62 Å². The van der Waals surface area contributed by atoms with Gasteiger partial charge in [0, 0.05) is 13.1 Å². The molecule has 4 fully saturated rings. The van der Waals surface area contributed by atoms with Gasteiger partial charge in [-0.05, 0) is 110 Å².